The number of rotatable bonds is 4. The van der Waals surface area contributed by atoms with Gasteiger partial charge in [-0.1, -0.05) is 29.8 Å². The minimum absolute atomic E-state index is 0.389. The molecule has 1 aromatic carbocycles. The monoisotopic (exact) mass is 324 g/mol. The molecule has 3 unspecified atom stereocenters. The van der Waals surface area contributed by atoms with Gasteiger partial charge in [0.15, 0.2) is 0 Å². The van der Waals surface area contributed by atoms with Gasteiger partial charge in [-0.25, -0.2) is 0 Å². The molecular weight excluding hydrogens is 300 g/mol. The van der Waals surface area contributed by atoms with Crippen LogP contribution in [0.15, 0.2) is 22.7 Å². The maximum Gasteiger partial charge on any atom is 0.0417 e. The van der Waals surface area contributed by atoms with Crippen LogP contribution in [-0.4, -0.2) is 19.1 Å². The highest BCUT2D eigenvalue weighted by Crippen LogP contribution is 2.35. The van der Waals surface area contributed by atoms with Crippen LogP contribution < -0.4 is 10.2 Å². The topological polar surface area (TPSA) is 15.3 Å². The third-order valence-corrected chi connectivity index (χ3v) is 4.55. The second kappa shape index (κ2) is 6.27. The van der Waals surface area contributed by atoms with Crippen LogP contribution in [0.1, 0.15) is 45.7 Å². The predicted octanol–water partition coefficient (Wildman–Crippen LogP) is 4.35. The first-order chi connectivity index (χ1) is 9.02. The van der Waals surface area contributed by atoms with E-state index in [9.17, 15) is 0 Å². The molecule has 0 radical (unpaired) electrons. The average Bonchev–Trinajstić information content (AvgIpc) is 2.68. The number of nitrogens with one attached hydrogen (secondary N) is 1. The van der Waals surface area contributed by atoms with Gasteiger partial charge in [-0.3, -0.25) is 0 Å². The number of hydrogen-bond acceptors (Lipinski definition) is 2. The molecule has 19 heavy (non-hydrogen) atoms. The van der Waals surface area contributed by atoms with Crippen molar-refractivity contribution in [1.29, 1.82) is 0 Å². The Balaban J connectivity index is 2.34. The summed E-state index contributed by atoms with van der Waals surface area (Å²) in [4.78, 5) is 2.57. The van der Waals surface area contributed by atoms with Crippen LogP contribution >= 0.6 is 15.9 Å². The summed E-state index contributed by atoms with van der Waals surface area (Å²) in [6, 6.07) is 7.72. The number of hydrogen-bond donors (Lipinski definition) is 1. The second-order valence-corrected chi connectivity index (χ2v) is 6.74. The lowest BCUT2D eigenvalue weighted by Gasteiger charge is -2.29. The van der Waals surface area contributed by atoms with E-state index >= 15 is 0 Å². The Hall–Kier alpha value is -0.540. The van der Waals surface area contributed by atoms with Gasteiger partial charge >= 0.3 is 0 Å². The van der Waals surface area contributed by atoms with E-state index in [1.54, 1.807) is 0 Å². The summed E-state index contributed by atoms with van der Waals surface area (Å²) < 4.78 is 1.16. The molecule has 1 fully saturated rings. The molecule has 1 aliphatic heterocycles. The van der Waals surface area contributed by atoms with Gasteiger partial charge in [0.2, 0.25) is 0 Å². The third-order valence-electron chi connectivity index (χ3n) is 4.06. The fraction of sp³-hybridized carbons (Fsp3) is 0.625. The van der Waals surface area contributed by atoms with E-state index < -0.39 is 0 Å². The van der Waals surface area contributed by atoms with Gasteiger partial charge in [0.05, 0.1) is 0 Å². The van der Waals surface area contributed by atoms with Crippen molar-refractivity contribution < 1.29 is 0 Å². The molecule has 106 valence electrons. The minimum atomic E-state index is 0.389. The van der Waals surface area contributed by atoms with Crippen LogP contribution in [0.2, 0.25) is 0 Å². The van der Waals surface area contributed by atoms with Crippen molar-refractivity contribution >= 4 is 21.6 Å². The normalized spacial score (nSPS) is 24.8. The van der Waals surface area contributed by atoms with Gasteiger partial charge < -0.3 is 10.2 Å². The molecule has 1 aliphatic rings. The first-order valence-electron chi connectivity index (χ1n) is 7.32. The number of halogens is 1. The fourth-order valence-corrected chi connectivity index (χ4v) is 3.56. The van der Waals surface area contributed by atoms with Crippen LogP contribution in [0, 0.1) is 5.92 Å². The molecule has 2 rings (SSSR count). The molecular formula is C16H25BrN2. The van der Waals surface area contributed by atoms with Crippen molar-refractivity contribution in [3.63, 3.8) is 0 Å². The Kier molecular flexibility index (Phi) is 4.91. The van der Waals surface area contributed by atoms with Gasteiger partial charge in [0.1, 0.15) is 0 Å². The molecule has 0 spiro atoms. The van der Waals surface area contributed by atoms with Gasteiger partial charge in [-0.05, 0) is 56.5 Å². The number of benzene rings is 1. The maximum absolute atomic E-state index is 3.60. The largest absolute Gasteiger partial charge is 0.368 e. The summed E-state index contributed by atoms with van der Waals surface area (Å²) in [5.41, 5.74) is 2.80. The molecule has 0 saturated carbocycles. The second-order valence-electron chi connectivity index (χ2n) is 5.82. The van der Waals surface area contributed by atoms with Crippen LogP contribution in [0.4, 0.5) is 5.69 Å². The molecule has 3 atom stereocenters. The lowest BCUT2D eigenvalue weighted by atomic mass is 10.0. The first kappa shape index (κ1) is 14.9. The zero-order valence-electron chi connectivity index (χ0n) is 12.4. The summed E-state index contributed by atoms with van der Waals surface area (Å²) in [5.74, 6) is 0.793. The van der Waals surface area contributed by atoms with Crippen molar-refractivity contribution in [1.82, 2.24) is 5.32 Å². The summed E-state index contributed by atoms with van der Waals surface area (Å²) >= 11 is 3.60. The summed E-state index contributed by atoms with van der Waals surface area (Å²) in [5, 5.41) is 3.53. The van der Waals surface area contributed by atoms with Gasteiger partial charge in [-0.2, -0.15) is 0 Å². The Bertz CT molecular complexity index is 433. The van der Waals surface area contributed by atoms with E-state index in [1.165, 1.54) is 24.2 Å². The van der Waals surface area contributed by atoms with E-state index in [0.717, 1.165) is 16.9 Å². The highest BCUT2D eigenvalue weighted by molar-refractivity contribution is 9.10. The van der Waals surface area contributed by atoms with Crippen LogP contribution in [0.25, 0.3) is 0 Å². The SMILES string of the molecule is CCNC(C)c1cc(Br)ccc1N1CC(C)CC1C. The molecule has 3 heteroatoms. The molecule has 0 amide bonds. The molecule has 0 bridgehead atoms. The van der Waals surface area contributed by atoms with Crippen LogP contribution in [-0.2, 0) is 0 Å². The fourth-order valence-electron chi connectivity index (χ4n) is 3.19. The van der Waals surface area contributed by atoms with Crippen molar-refractivity contribution in [2.45, 2.75) is 46.2 Å². The predicted molar refractivity (Wildman–Crippen MR) is 86.8 cm³/mol. The summed E-state index contributed by atoms with van der Waals surface area (Å²) in [6.45, 7) is 11.3. The van der Waals surface area contributed by atoms with Crippen LogP contribution in [0.3, 0.4) is 0 Å². The standard InChI is InChI=1S/C16H25BrN2/c1-5-18-13(4)15-9-14(17)6-7-16(15)19-10-11(2)8-12(19)3/h6-7,9,11-13,18H,5,8,10H2,1-4H3. The molecule has 1 N–H and O–H groups in total. The third kappa shape index (κ3) is 3.32. The molecule has 2 nitrogen and oxygen atoms in total. The molecule has 1 heterocycles. The molecule has 1 aromatic rings. The number of nitrogens with zero attached hydrogens (tertiary/aromatic N) is 1. The highest BCUT2D eigenvalue weighted by Gasteiger charge is 2.28. The Morgan fingerprint density at radius 1 is 1.42 bits per heavy atom. The van der Waals surface area contributed by atoms with Gasteiger partial charge in [-0.15, -0.1) is 0 Å². The van der Waals surface area contributed by atoms with Gasteiger partial charge in [0, 0.05) is 28.8 Å². The zero-order valence-corrected chi connectivity index (χ0v) is 14.0. The molecule has 0 aromatic heterocycles. The maximum atomic E-state index is 3.60. The lowest BCUT2D eigenvalue weighted by molar-refractivity contribution is 0.594. The smallest absolute Gasteiger partial charge is 0.0417 e. The number of anilines is 1. The first-order valence-corrected chi connectivity index (χ1v) is 8.11. The summed E-state index contributed by atoms with van der Waals surface area (Å²) in [6.07, 6.45) is 1.30. The molecule has 0 aliphatic carbocycles. The van der Waals surface area contributed by atoms with E-state index in [0.29, 0.717) is 12.1 Å². The Labute approximate surface area is 125 Å². The Morgan fingerprint density at radius 3 is 2.74 bits per heavy atom. The minimum Gasteiger partial charge on any atom is -0.368 e. The van der Waals surface area contributed by atoms with E-state index in [2.05, 4.69) is 72.0 Å². The van der Waals surface area contributed by atoms with Crippen LogP contribution in [0.5, 0.6) is 0 Å². The highest BCUT2D eigenvalue weighted by atomic mass is 79.9. The van der Waals surface area contributed by atoms with Crippen molar-refractivity contribution in [3.05, 3.63) is 28.2 Å². The quantitative estimate of drug-likeness (QED) is 0.885. The van der Waals surface area contributed by atoms with Crippen molar-refractivity contribution in [2.24, 2.45) is 5.92 Å². The molecule has 1 saturated heterocycles. The summed E-state index contributed by atoms with van der Waals surface area (Å²) in [7, 11) is 0. The Morgan fingerprint density at radius 2 is 2.16 bits per heavy atom. The lowest BCUT2D eigenvalue weighted by Crippen LogP contribution is -2.29. The van der Waals surface area contributed by atoms with Gasteiger partial charge in [0.25, 0.3) is 0 Å². The van der Waals surface area contributed by atoms with E-state index in [4.69, 9.17) is 0 Å². The van der Waals surface area contributed by atoms with Crippen molar-refractivity contribution in [2.75, 3.05) is 18.0 Å². The zero-order chi connectivity index (χ0) is 14.0. The van der Waals surface area contributed by atoms with E-state index in [1.807, 2.05) is 0 Å². The van der Waals surface area contributed by atoms with E-state index in [-0.39, 0.29) is 0 Å². The van der Waals surface area contributed by atoms with Crippen molar-refractivity contribution in [3.8, 4) is 0 Å². The average molecular weight is 325 g/mol.